The highest BCUT2D eigenvalue weighted by Gasteiger charge is 2.41. The lowest BCUT2D eigenvalue weighted by Crippen LogP contribution is -2.27. The molecule has 3 aromatic carbocycles. The van der Waals surface area contributed by atoms with Crippen LogP contribution in [0, 0.1) is 0 Å². The number of nitrogens with zero attached hydrogens (tertiary/aromatic N) is 1. The fraction of sp³-hybridized carbons (Fsp3) is 0.364. The first kappa shape index (κ1) is 32.0. The molecule has 1 aliphatic heterocycles. The van der Waals surface area contributed by atoms with Crippen LogP contribution in [0.1, 0.15) is 53.2 Å². The number of halogens is 1. The van der Waals surface area contributed by atoms with Crippen molar-refractivity contribution in [2.75, 3.05) is 41.7 Å². The minimum atomic E-state index is -0.826. The molecular weight excluding hydrogens is 574 g/mol. The molecule has 1 unspecified atom stereocenters. The molecule has 0 radical (unpaired) electrons. The largest absolute Gasteiger partial charge is 0.493 e. The summed E-state index contributed by atoms with van der Waals surface area (Å²) in [4.78, 5) is 12.7. The minimum Gasteiger partial charge on any atom is -0.493 e. The molecule has 0 bridgehead atoms. The Hall–Kier alpha value is -3.92. The molecule has 0 aromatic heterocycles. The summed E-state index contributed by atoms with van der Waals surface area (Å²) in [7, 11) is 6.33. The number of ether oxygens (including phenoxy) is 6. The van der Waals surface area contributed by atoms with Crippen molar-refractivity contribution in [1.82, 2.24) is 5.06 Å². The molecule has 43 heavy (non-hydrogen) atoms. The Morgan fingerprint density at radius 2 is 1.63 bits per heavy atom. The highest BCUT2D eigenvalue weighted by atomic mass is 35.5. The molecule has 0 aliphatic carbocycles. The number of benzene rings is 3. The summed E-state index contributed by atoms with van der Waals surface area (Å²) in [5.41, 5.74) is 1.94. The van der Waals surface area contributed by atoms with E-state index in [1.54, 1.807) is 52.7 Å². The molecule has 1 N–H and O–H groups in total. The van der Waals surface area contributed by atoms with Crippen molar-refractivity contribution in [3.05, 3.63) is 88.1 Å². The van der Waals surface area contributed by atoms with E-state index in [0.717, 1.165) is 29.5 Å². The second-order valence-electron chi connectivity index (χ2n) is 9.96. The van der Waals surface area contributed by atoms with Crippen LogP contribution in [-0.2, 0) is 16.8 Å². The number of hydroxylamine groups is 2. The minimum absolute atomic E-state index is 0.265. The molecule has 3 aromatic rings. The molecule has 1 saturated heterocycles. The van der Waals surface area contributed by atoms with Gasteiger partial charge in [0.15, 0.2) is 23.0 Å². The van der Waals surface area contributed by atoms with Gasteiger partial charge in [0.25, 0.3) is 5.91 Å². The summed E-state index contributed by atoms with van der Waals surface area (Å²) in [6.45, 7) is 3.07. The van der Waals surface area contributed by atoms with Crippen LogP contribution in [-0.4, -0.2) is 57.8 Å². The van der Waals surface area contributed by atoms with E-state index in [1.165, 1.54) is 12.3 Å². The maximum atomic E-state index is 12.7. The van der Waals surface area contributed by atoms with Crippen LogP contribution in [0.25, 0.3) is 0 Å². The van der Waals surface area contributed by atoms with Crippen molar-refractivity contribution in [3.63, 3.8) is 0 Å². The summed E-state index contributed by atoms with van der Waals surface area (Å²) < 4.78 is 35.3. The predicted molar refractivity (Wildman–Crippen MR) is 163 cm³/mol. The average Bonchev–Trinajstić information content (AvgIpc) is 3.54. The summed E-state index contributed by atoms with van der Waals surface area (Å²) in [6, 6.07) is 14.2. The highest BCUT2D eigenvalue weighted by Crippen LogP contribution is 2.50. The zero-order valence-electron chi connectivity index (χ0n) is 25.1. The summed E-state index contributed by atoms with van der Waals surface area (Å²) in [5.74, 6) is 2.08. The zero-order chi connectivity index (χ0) is 31.0. The number of methoxy groups -OCH3 is 4. The molecule has 1 fully saturated rings. The first-order valence-corrected chi connectivity index (χ1v) is 14.4. The smallest absolute Gasteiger partial charge is 0.281 e. The Bertz CT molecular complexity index is 1430. The van der Waals surface area contributed by atoms with E-state index in [1.807, 2.05) is 31.2 Å². The van der Waals surface area contributed by atoms with E-state index < -0.39 is 11.5 Å². The van der Waals surface area contributed by atoms with Crippen molar-refractivity contribution in [3.8, 4) is 28.7 Å². The molecular formula is C33H38ClNO8. The fourth-order valence-corrected chi connectivity index (χ4v) is 5.43. The molecule has 230 valence electrons. The highest BCUT2D eigenvalue weighted by molar-refractivity contribution is 6.30. The molecule has 0 spiro atoms. The fourth-order valence-electron chi connectivity index (χ4n) is 5.24. The number of allylic oxidation sites excluding steroid dienone is 1. The van der Waals surface area contributed by atoms with Gasteiger partial charge in [-0.1, -0.05) is 30.7 Å². The van der Waals surface area contributed by atoms with Gasteiger partial charge in [-0.25, -0.2) is 0 Å². The Labute approximate surface area is 257 Å². The first-order valence-electron chi connectivity index (χ1n) is 14.0. The average molecular weight is 612 g/mol. The van der Waals surface area contributed by atoms with Crippen LogP contribution >= 0.6 is 11.6 Å². The van der Waals surface area contributed by atoms with E-state index >= 15 is 0 Å². The maximum absolute atomic E-state index is 12.7. The van der Waals surface area contributed by atoms with Crippen LogP contribution in [0.2, 0.25) is 5.02 Å². The number of hydrogen-bond donors (Lipinski definition) is 1. The van der Waals surface area contributed by atoms with Crippen molar-refractivity contribution in [2.24, 2.45) is 0 Å². The second-order valence-corrected chi connectivity index (χ2v) is 10.4. The lowest BCUT2D eigenvalue weighted by atomic mass is 9.82. The zero-order valence-corrected chi connectivity index (χ0v) is 25.9. The van der Waals surface area contributed by atoms with E-state index in [0.29, 0.717) is 64.9 Å². The van der Waals surface area contributed by atoms with E-state index in [9.17, 15) is 10.0 Å². The molecule has 1 heterocycles. The number of hydrogen-bond acceptors (Lipinski definition) is 8. The van der Waals surface area contributed by atoms with Gasteiger partial charge in [-0.15, -0.1) is 0 Å². The molecule has 10 heteroatoms. The number of carbonyl (C=O) groups excluding carboxylic acids is 1. The van der Waals surface area contributed by atoms with Gasteiger partial charge in [-0.3, -0.25) is 10.0 Å². The second kappa shape index (κ2) is 14.5. The predicted octanol–water partition coefficient (Wildman–Crippen LogP) is 6.81. The van der Waals surface area contributed by atoms with Crippen LogP contribution in [0.15, 0.2) is 60.8 Å². The topological polar surface area (TPSA) is 95.9 Å². The third-order valence-corrected chi connectivity index (χ3v) is 7.52. The Morgan fingerprint density at radius 3 is 2.19 bits per heavy atom. The van der Waals surface area contributed by atoms with Gasteiger partial charge < -0.3 is 28.4 Å². The summed E-state index contributed by atoms with van der Waals surface area (Å²) >= 11 is 6.01. The number of carbonyl (C=O) groups is 1. The van der Waals surface area contributed by atoms with Crippen LogP contribution in [0.5, 0.6) is 28.7 Å². The number of amides is 1. The van der Waals surface area contributed by atoms with Crippen LogP contribution in [0.3, 0.4) is 0 Å². The normalized spacial score (nSPS) is 16.3. The van der Waals surface area contributed by atoms with E-state index in [2.05, 4.69) is 0 Å². The van der Waals surface area contributed by atoms with Gasteiger partial charge >= 0.3 is 0 Å². The third-order valence-electron chi connectivity index (χ3n) is 7.29. The Morgan fingerprint density at radius 1 is 0.977 bits per heavy atom. The Balaban J connectivity index is 1.76. The molecule has 9 nitrogen and oxygen atoms in total. The Kier molecular flexibility index (Phi) is 10.8. The third kappa shape index (κ3) is 6.85. The van der Waals surface area contributed by atoms with E-state index in [-0.39, 0.29) is 5.56 Å². The van der Waals surface area contributed by atoms with Gasteiger partial charge in [0.2, 0.25) is 5.75 Å². The molecule has 4 rings (SSSR count). The van der Waals surface area contributed by atoms with Gasteiger partial charge in [-0.2, -0.15) is 5.06 Å². The van der Waals surface area contributed by atoms with Gasteiger partial charge in [0, 0.05) is 29.0 Å². The van der Waals surface area contributed by atoms with Crippen LogP contribution < -0.4 is 23.7 Å². The summed E-state index contributed by atoms with van der Waals surface area (Å²) in [5, 5.41) is 11.4. The monoisotopic (exact) mass is 611 g/mol. The molecule has 1 atom stereocenters. The van der Waals surface area contributed by atoms with E-state index in [4.69, 9.17) is 40.0 Å². The first-order chi connectivity index (χ1) is 20.8. The standard InChI is InChI=1S/C33H38ClNO8/c1-6-15-42-30-22(11-8-14-35(37)32(36)23-10-7-12-26(34)18-23)17-24(19-27(30)38-2)33(13-9-16-43-33)25-20-28(39-3)31(41-5)29(21-25)40-4/h7-8,10,12,14,17-21,37H,6,9,11,13,15-16H2,1-5H3/b14-8+. The van der Waals surface area contributed by atoms with Gasteiger partial charge in [0.1, 0.15) is 5.60 Å². The maximum Gasteiger partial charge on any atom is 0.281 e. The van der Waals surface area contributed by atoms with Crippen LogP contribution in [0.4, 0.5) is 0 Å². The van der Waals surface area contributed by atoms with Crippen molar-refractivity contribution < 1.29 is 38.4 Å². The van der Waals surface area contributed by atoms with Gasteiger partial charge in [-0.05, 0) is 79.3 Å². The number of rotatable bonds is 13. The molecule has 0 saturated carbocycles. The lowest BCUT2D eigenvalue weighted by Gasteiger charge is -2.32. The molecule has 1 amide bonds. The van der Waals surface area contributed by atoms with Gasteiger partial charge in [0.05, 0.1) is 35.0 Å². The lowest BCUT2D eigenvalue weighted by molar-refractivity contribution is -0.0204. The molecule has 1 aliphatic rings. The quantitative estimate of drug-likeness (QED) is 0.166. The van der Waals surface area contributed by atoms with Crippen molar-refractivity contribution in [2.45, 2.75) is 38.2 Å². The van der Waals surface area contributed by atoms with Crippen molar-refractivity contribution >= 4 is 17.5 Å². The summed E-state index contributed by atoms with van der Waals surface area (Å²) in [6.07, 6.45) is 5.67. The van der Waals surface area contributed by atoms with Crippen molar-refractivity contribution in [1.29, 1.82) is 0 Å². The SMILES string of the molecule is CCCOc1c(C/C=C/N(O)C(=O)c2cccc(Cl)c2)cc(C2(c3cc(OC)c(OC)c(OC)c3)CCCO2)cc1OC.